The fourth-order valence-electron chi connectivity index (χ4n) is 3.55. The molecule has 0 amide bonds. The zero-order valence-electron chi connectivity index (χ0n) is 14.7. The Labute approximate surface area is 147 Å². The highest BCUT2D eigenvalue weighted by Crippen LogP contribution is 2.61. The SMILES string of the molecule is CCOC(=O)C(CC)(C(CC)c1ccnc2ccccc12)P(=O)(O)O. The number of esters is 1. The van der Waals surface area contributed by atoms with Crippen LogP contribution in [0.5, 0.6) is 0 Å². The lowest BCUT2D eigenvalue weighted by Crippen LogP contribution is -2.45. The highest BCUT2D eigenvalue weighted by atomic mass is 31.2. The molecule has 0 aliphatic carbocycles. The van der Waals surface area contributed by atoms with Crippen LogP contribution in [-0.4, -0.2) is 32.5 Å². The molecule has 2 N–H and O–H groups in total. The van der Waals surface area contributed by atoms with Crippen LogP contribution in [0.1, 0.15) is 45.1 Å². The summed E-state index contributed by atoms with van der Waals surface area (Å²) in [7, 11) is -4.80. The average molecular weight is 365 g/mol. The van der Waals surface area contributed by atoms with Crippen LogP contribution in [-0.2, 0) is 14.1 Å². The van der Waals surface area contributed by atoms with Crippen molar-refractivity contribution in [3.05, 3.63) is 42.1 Å². The molecule has 2 unspecified atom stereocenters. The molecule has 6 nitrogen and oxygen atoms in total. The molecule has 7 heteroatoms. The molecule has 1 aromatic heterocycles. The first-order valence-electron chi connectivity index (χ1n) is 8.39. The van der Waals surface area contributed by atoms with Gasteiger partial charge in [-0.2, -0.15) is 0 Å². The number of fused-ring (bicyclic) bond motifs is 1. The summed E-state index contributed by atoms with van der Waals surface area (Å²) in [5.41, 5.74) is 1.42. The van der Waals surface area contributed by atoms with Crippen molar-refractivity contribution >= 4 is 24.5 Å². The number of aromatic nitrogens is 1. The maximum absolute atomic E-state index is 12.7. The van der Waals surface area contributed by atoms with E-state index in [2.05, 4.69) is 4.98 Å². The van der Waals surface area contributed by atoms with Gasteiger partial charge in [0.25, 0.3) is 0 Å². The summed E-state index contributed by atoms with van der Waals surface area (Å²) < 4.78 is 17.6. The molecule has 2 atom stereocenters. The number of carbonyl (C=O) groups is 1. The van der Waals surface area contributed by atoms with Crippen LogP contribution in [0.2, 0.25) is 0 Å². The molecule has 0 bridgehead atoms. The molecule has 1 aromatic carbocycles. The number of para-hydroxylation sites is 1. The highest BCUT2D eigenvalue weighted by Gasteiger charge is 2.58. The third kappa shape index (κ3) is 3.34. The minimum absolute atomic E-state index is 0.0226. The van der Waals surface area contributed by atoms with Gasteiger partial charge in [-0.1, -0.05) is 32.0 Å². The molecule has 2 rings (SSSR count). The van der Waals surface area contributed by atoms with Gasteiger partial charge in [-0.25, -0.2) is 0 Å². The maximum atomic E-state index is 12.7. The Morgan fingerprint density at radius 3 is 2.48 bits per heavy atom. The van der Waals surface area contributed by atoms with Crippen molar-refractivity contribution in [3.63, 3.8) is 0 Å². The first kappa shape index (κ1) is 19.6. The topological polar surface area (TPSA) is 96.7 Å². The predicted molar refractivity (Wildman–Crippen MR) is 96.5 cm³/mol. The van der Waals surface area contributed by atoms with E-state index >= 15 is 0 Å². The monoisotopic (exact) mass is 365 g/mol. The maximum Gasteiger partial charge on any atom is 0.343 e. The van der Waals surface area contributed by atoms with Crippen molar-refractivity contribution in [2.75, 3.05) is 6.61 Å². The van der Waals surface area contributed by atoms with E-state index in [1.165, 1.54) is 0 Å². The molecule has 2 aromatic rings. The first-order chi connectivity index (χ1) is 11.8. The number of nitrogens with zero attached hydrogens (tertiary/aromatic N) is 1. The molecule has 0 saturated heterocycles. The second kappa shape index (κ2) is 7.65. The Morgan fingerprint density at radius 2 is 1.92 bits per heavy atom. The predicted octanol–water partition coefficient (Wildman–Crippen LogP) is 3.62. The first-order valence-corrected chi connectivity index (χ1v) is 10.0. The van der Waals surface area contributed by atoms with Crippen molar-refractivity contribution in [1.82, 2.24) is 4.98 Å². The largest absolute Gasteiger partial charge is 0.465 e. The normalized spacial score (nSPS) is 15.6. The van der Waals surface area contributed by atoms with E-state index in [0.29, 0.717) is 12.0 Å². The molecule has 0 radical (unpaired) electrons. The van der Waals surface area contributed by atoms with Crippen molar-refractivity contribution in [3.8, 4) is 0 Å². The van der Waals surface area contributed by atoms with Gasteiger partial charge in [-0.15, -0.1) is 0 Å². The van der Waals surface area contributed by atoms with Crippen LogP contribution in [0.4, 0.5) is 0 Å². The summed E-state index contributed by atoms with van der Waals surface area (Å²) in [5.74, 6) is -1.54. The number of benzene rings is 1. The quantitative estimate of drug-likeness (QED) is 0.575. The van der Waals surface area contributed by atoms with E-state index < -0.39 is 24.6 Å². The standard InChI is InChI=1S/C18H24NO5P/c1-4-15(13-11-12-19-16-10-8-7-9-14(13)16)18(5-2,25(21,22)23)17(20)24-6-3/h7-12,15H,4-6H2,1-3H3,(H2,21,22,23). The van der Waals surface area contributed by atoms with E-state index in [1.54, 1.807) is 26.1 Å². The number of rotatable bonds is 7. The molecule has 25 heavy (non-hydrogen) atoms. The lowest BCUT2D eigenvalue weighted by molar-refractivity contribution is -0.148. The minimum Gasteiger partial charge on any atom is -0.465 e. The number of carbonyl (C=O) groups excluding carboxylic acids is 1. The van der Waals surface area contributed by atoms with Crippen LogP contribution in [0.15, 0.2) is 36.5 Å². The highest BCUT2D eigenvalue weighted by molar-refractivity contribution is 7.54. The molecule has 136 valence electrons. The van der Waals surface area contributed by atoms with Gasteiger partial charge in [-0.3, -0.25) is 14.3 Å². The van der Waals surface area contributed by atoms with Crippen LogP contribution < -0.4 is 0 Å². The molecule has 0 aliphatic rings. The van der Waals surface area contributed by atoms with E-state index in [-0.39, 0.29) is 13.0 Å². The molecule has 1 heterocycles. The van der Waals surface area contributed by atoms with E-state index in [4.69, 9.17) is 4.74 Å². The third-order valence-corrected chi connectivity index (χ3v) is 6.58. The lowest BCUT2D eigenvalue weighted by Gasteiger charge is -2.38. The zero-order valence-corrected chi connectivity index (χ0v) is 15.6. The van der Waals surface area contributed by atoms with Gasteiger partial charge in [0.15, 0.2) is 5.16 Å². The summed E-state index contributed by atoms with van der Waals surface area (Å²) in [4.78, 5) is 37.3. The van der Waals surface area contributed by atoms with Crippen molar-refractivity contribution in [1.29, 1.82) is 0 Å². The van der Waals surface area contributed by atoms with Gasteiger partial charge in [0.2, 0.25) is 0 Å². The van der Waals surface area contributed by atoms with Crippen LogP contribution in [0.3, 0.4) is 0 Å². The van der Waals surface area contributed by atoms with Crippen LogP contribution in [0, 0.1) is 0 Å². The van der Waals surface area contributed by atoms with Gasteiger partial charge in [0, 0.05) is 17.5 Å². The summed E-state index contributed by atoms with van der Waals surface area (Å²) in [6.45, 7) is 5.12. The Bertz CT molecular complexity index is 798. The fraction of sp³-hybridized carbons (Fsp3) is 0.444. The van der Waals surface area contributed by atoms with Gasteiger partial charge < -0.3 is 14.5 Å². The van der Waals surface area contributed by atoms with Crippen molar-refractivity contribution < 1.29 is 23.9 Å². The fourth-order valence-corrected chi connectivity index (χ4v) is 5.00. The Hall–Kier alpha value is -1.75. The average Bonchev–Trinajstić information content (AvgIpc) is 2.58. The number of ether oxygens (including phenoxy) is 1. The summed E-state index contributed by atoms with van der Waals surface area (Å²) in [5, 5.41) is -1.13. The summed E-state index contributed by atoms with van der Waals surface area (Å²) >= 11 is 0. The summed E-state index contributed by atoms with van der Waals surface area (Å²) in [6, 6.07) is 9.11. The zero-order chi connectivity index (χ0) is 18.7. The van der Waals surface area contributed by atoms with Crippen molar-refractivity contribution in [2.45, 2.75) is 44.7 Å². The second-order valence-corrected chi connectivity index (χ2v) is 7.81. The van der Waals surface area contributed by atoms with E-state index in [9.17, 15) is 19.1 Å². The second-order valence-electron chi connectivity index (χ2n) is 5.92. The Morgan fingerprint density at radius 1 is 1.24 bits per heavy atom. The van der Waals surface area contributed by atoms with Crippen molar-refractivity contribution in [2.24, 2.45) is 0 Å². The van der Waals surface area contributed by atoms with E-state index in [1.807, 2.05) is 31.2 Å². The van der Waals surface area contributed by atoms with Gasteiger partial charge in [0.1, 0.15) is 0 Å². The van der Waals surface area contributed by atoms with E-state index in [0.717, 1.165) is 10.9 Å². The van der Waals surface area contributed by atoms with Gasteiger partial charge >= 0.3 is 13.6 Å². The Kier molecular flexibility index (Phi) is 5.99. The lowest BCUT2D eigenvalue weighted by atomic mass is 9.80. The number of pyridine rings is 1. The smallest absolute Gasteiger partial charge is 0.343 e. The minimum atomic E-state index is -4.80. The molecular weight excluding hydrogens is 341 g/mol. The molecule has 0 aliphatic heterocycles. The van der Waals surface area contributed by atoms with Gasteiger partial charge in [0.05, 0.1) is 12.1 Å². The van der Waals surface area contributed by atoms with Gasteiger partial charge in [-0.05, 0) is 37.5 Å². The molecule has 0 saturated carbocycles. The molecular formula is C18H24NO5P. The van der Waals surface area contributed by atoms with Crippen LogP contribution >= 0.6 is 7.60 Å². The molecule has 0 fully saturated rings. The van der Waals surface area contributed by atoms with Crippen LogP contribution in [0.25, 0.3) is 10.9 Å². The molecule has 0 spiro atoms. The third-order valence-electron chi connectivity index (χ3n) is 4.73. The number of hydrogen-bond donors (Lipinski definition) is 2. The number of hydrogen-bond acceptors (Lipinski definition) is 4. The summed E-state index contributed by atoms with van der Waals surface area (Å²) in [6.07, 6.45) is 1.96. The Balaban J connectivity index is 2.76.